The molecular formula is C16H14ClF3N8O. The first-order chi connectivity index (χ1) is 13.8. The first-order valence-corrected chi connectivity index (χ1v) is 8.68. The number of alkyl halides is 3. The van der Waals surface area contributed by atoms with Crippen LogP contribution in [0.4, 0.5) is 24.5 Å². The van der Waals surface area contributed by atoms with Crippen molar-refractivity contribution in [2.45, 2.75) is 6.18 Å². The summed E-state index contributed by atoms with van der Waals surface area (Å²) < 4.78 is 37.8. The van der Waals surface area contributed by atoms with Crippen LogP contribution in [0.3, 0.4) is 0 Å². The number of carbonyl (C=O) groups is 1. The molecule has 0 saturated carbocycles. The van der Waals surface area contributed by atoms with E-state index in [-0.39, 0.29) is 37.6 Å². The van der Waals surface area contributed by atoms with E-state index in [0.29, 0.717) is 16.4 Å². The summed E-state index contributed by atoms with van der Waals surface area (Å²) in [7, 11) is 0. The van der Waals surface area contributed by atoms with Crippen molar-refractivity contribution in [3.05, 3.63) is 35.2 Å². The fourth-order valence-corrected chi connectivity index (χ4v) is 2.97. The molecule has 152 valence electrons. The minimum Gasteiger partial charge on any atom is -0.366 e. The van der Waals surface area contributed by atoms with E-state index in [4.69, 9.17) is 11.6 Å². The van der Waals surface area contributed by atoms with Gasteiger partial charge in [-0.05, 0) is 23.4 Å². The number of allylic oxidation sites excluding steroid dienone is 1. The van der Waals surface area contributed by atoms with E-state index in [2.05, 4.69) is 25.9 Å². The van der Waals surface area contributed by atoms with E-state index < -0.39 is 12.1 Å². The number of anilines is 2. The van der Waals surface area contributed by atoms with Crippen molar-refractivity contribution >= 4 is 34.5 Å². The number of hydrogen-bond acceptors (Lipinski definition) is 7. The molecule has 0 radical (unpaired) electrons. The normalized spacial score (nSPS) is 15.2. The van der Waals surface area contributed by atoms with E-state index >= 15 is 0 Å². The standard InChI is InChI=1S/C16H14ClF3N8O/c17-11-1-2-13(27-3-5-28(6-4-27)15(29)16(18,19)20)12(7-11)22-9-10(8-21)14-23-25-26-24-14/h1-2,7,9,22H,3-6H2,(H,23,24,25,26). The van der Waals surface area contributed by atoms with Crippen molar-refractivity contribution < 1.29 is 18.0 Å². The van der Waals surface area contributed by atoms with Gasteiger partial charge in [-0.25, -0.2) is 0 Å². The van der Waals surface area contributed by atoms with E-state index in [0.717, 1.165) is 4.90 Å². The summed E-state index contributed by atoms with van der Waals surface area (Å²) in [4.78, 5) is 14.0. The number of carbonyl (C=O) groups excluding carboxylic acids is 1. The zero-order valence-corrected chi connectivity index (χ0v) is 15.5. The average Bonchev–Trinajstić information content (AvgIpc) is 3.22. The molecule has 0 unspecified atom stereocenters. The van der Waals surface area contributed by atoms with Gasteiger partial charge in [-0.3, -0.25) is 4.79 Å². The minimum atomic E-state index is -4.89. The topological polar surface area (TPSA) is 114 Å². The number of nitrogens with one attached hydrogen (secondary N) is 2. The SMILES string of the molecule is N#CC(=CNc1cc(Cl)ccc1N1CCN(C(=O)C(F)(F)F)CC1)c1nn[nH]n1. The molecule has 0 aliphatic carbocycles. The molecule has 0 atom stereocenters. The third kappa shape index (κ3) is 4.75. The molecule has 1 aliphatic rings. The van der Waals surface area contributed by atoms with Gasteiger partial charge in [-0.2, -0.15) is 23.6 Å². The molecular weight excluding hydrogens is 413 g/mol. The predicted octanol–water partition coefficient (Wildman–Crippen LogP) is 2.04. The molecule has 1 aromatic carbocycles. The lowest BCUT2D eigenvalue weighted by atomic mass is 10.2. The summed E-state index contributed by atoms with van der Waals surface area (Å²) in [6.07, 6.45) is -3.51. The predicted molar refractivity (Wildman–Crippen MR) is 97.7 cm³/mol. The second kappa shape index (κ2) is 8.36. The van der Waals surface area contributed by atoms with Crippen LogP contribution >= 0.6 is 11.6 Å². The van der Waals surface area contributed by atoms with Gasteiger partial charge in [0.1, 0.15) is 11.6 Å². The van der Waals surface area contributed by atoms with Gasteiger partial charge in [-0.1, -0.05) is 11.6 Å². The van der Waals surface area contributed by atoms with Gasteiger partial charge < -0.3 is 15.1 Å². The lowest BCUT2D eigenvalue weighted by molar-refractivity contribution is -0.185. The monoisotopic (exact) mass is 426 g/mol. The molecule has 1 aliphatic heterocycles. The summed E-state index contributed by atoms with van der Waals surface area (Å²) in [5.74, 6) is -1.74. The molecule has 0 bridgehead atoms. The molecule has 2 aromatic rings. The molecule has 2 N–H and O–H groups in total. The third-order valence-corrected chi connectivity index (χ3v) is 4.42. The Bertz CT molecular complexity index is 946. The van der Waals surface area contributed by atoms with Crippen molar-refractivity contribution in [1.29, 1.82) is 5.26 Å². The van der Waals surface area contributed by atoms with Crippen LogP contribution in [0.25, 0.3) is 5.57 Å². The van der Waals surface area contributed by atoms with E-state index in [9.17, 15) is 23.2 Å². The van der Waals surface area contributed by atoms with Crippen molar-refractivity contribution in [1.82, 2.24) is 25.5 Å². The summed E-state index contributed by atoms with van der Waals surface area (Å²) in [6.45, 7) is 0.278. The van der Waals surface area contributed by atoms with Gasteiger partial charge in [0.25, 0.3) is 0 Å². The van der Waals surface area contributed by atoms with Crippen LogP contribution in [0.2, 0.25) is 5.02 Å². The van der Waals surface area contributed by atoms with Crippen molar-refractivity contribution in [3.8, 4) is 6.07 Å². The number of aromatic nitrogens is 4. The number of H-pyrrole nitrogens is 1. The Morgan fingerprint density at radius 3 is 2.62 bits per heavy atom. The Hall–Kier alpha value is -3.33. The molecule has 1 aromatic heterocycles. The van der Waals surface area contributed by atoms with Crippen molar-refractivity contribution in [2.75, 3.05) is 36.4 Å². The number of rotatable bonds is 4. The Morgan fingerprint density at radius 1 is 1.31 bits per heavy atom. The molecule has 1 fully saturated rings. The largest absolute Gasteiger partial charge is 0.471 e. The zero-order chi connectivity index (χ0) is 21.0. The highest BCUT2D eigenvalue weighted by Crippen LogP contribution is 2.31. The quantitative estimate of drug-likeness (QED) is 0.719. The molecule has 1 amide bonds. The number of hydrogen-bond donors (Lipinski definition) is 2. The number of piperazine rings is 1. The maximum absolute atomic E-state index is 12.6. The zero-order valence-electron chi connectivity index (χ0n) is 14.7. The van der Waals surface area contributed by atoms with E-state index in [1.807, 2.05) is 11.0 Å². The van der Waals surface area contributed by atoms with Gasteiger partial charge in [0, 0.05) is 37.4 Å². The lowest BCUT2D eigenvalue weighted by Gasteiger charge is -2.37. The molecule has 13 heteroatoms. The maximum Gasteiger partial charge on any atom is 0.471 e. The van der Waals surface area contributed by atoms with Crippen LogP contribution in [0.5, 0.6) is 0 Å². The Labute approximate surface area is 167 Å². The van der Waals surface area contributed by atoms with Gasteiger partial charge in [0.05, 0.1) is 11.4 Å². The Morgan fingerprint density at radius 2 is 2.03 bits per heavy atom. The molecule has 9 nitrogen and oxygen atoms in total. The highest BCUT2D eigenvalue weighted by Gasteiger charge is 2.43. The molecule has 29 heavy (non-hydrogen) atoms. The van der Waals surface area contributed by atoms with Gasteiger partial charge in [0.15, 0.2) is 0 Å². The van der Waals surface area contributed by atoms with Crippen LogP contribution in [0.1, 0.15) is 5.82 Å². The lowest BCUT2D eigenvalue weighted by Crippen LogP contribution is -2.52. The number of nitrogens with zero attached hydrogens (tertiary/aromatic N) is 6. The number of amides is 1. The second-order valence-corrected chi connectivity index (χ2v) is 6.42. The molecule has 3 rings (SSSR count). The highest BCUT2D eigenvalue weighted by molar-refractivity contribution is 6.31. The van der Waals surface area contributed by atoms with Crippen molar-refractivity contribution in [2.24, 2.45) is 0 Å². The minimum absolute atomic E-state index is 0.0669. The highest BCUT2D eigenvalue weighted by atomic mass is 35.5. The molecule has 0 spiro atoms. The average molecular weight is 427 g/mol. The first-order valence-electron chi connectivity index (χ1n) is 8.31. The van der Waals surface area contributed by atoms with Crippen LogP contribution < -0.4 is 10.2 Å². The number of nitriles is 1. The fourth-order valence-electron chi connectivity index (χ4n) is 2.80. The van der Waals surface area contributed by atoms with Crippen molar-refractivity contribution in [3.63, 3.8) is 0 Å². The van der Waals surface area contributed by atoms with Gasteiger partial charge >= 0.3 is 12.1 Å². The number of tetrazole rings is 1. The first kappa shape index (κ1) is 20.4. The van der Waals surface area contributed by atoms with Crippen LogP contribution in [-0.2, 0) is 4.79 Å². The van der Waals surface area contributed by atoms with E-state index in [1.165, 1.54) is 6.20 Å². The molecule has 1 saturated heterocycles. The Balaban J connectivity index is 1.76. The number of halogens is 4. The summed E-state index contributed by atoms with van der Waals surface area (Å²) in [5.41, 5.74) is 1.31. The summed E-state index contributed by atoms with van der Waals surface area (Å²) in [6, 6.07) is 6.90. The third-order valence-electron chi connectivity index (χ3n) is 4.19. The molecule has 2 heterocycles. The maximum atomic E-state index is 12.6. The van der Waals surface area contributed by atoms with E-state index in [1.54, 1.807) is 18.2 Å². The Kier molecular flexibility index (Phi) is 5.88. The van der Waals surface area contributed by atoms with Gasteiger partial charge in [0.2, 0.25) is 5.82 Å². The van der Waals surface area contributed by atoms with Crippen LogP contribution in [0.15, 0.2) is 24.4 Å². The summed E-state index contributed by atoms with van der Waals surface area (Å²) >= 11 is 6.06. The fraction of sp³-hybridized carbons (Fsp3) is 0.312. The van der Waals surface area contributed by atoms with Gasteiger partial charge in [-0.15, -0.1) is 10.2 Å². The van der Waals surface area contributed by atoms with Crippen LogP contribution in [0, 0.1) is 11.3 Å². The second-order valence-electron chi connectivity index (χ2n) is 5.99. The number of benzene rings is 1. The number of aromatic amines is 1. The smallest absolute Gasteiger partial charge is 0.366 e. The van der Waals surface area contributed by atoms with Crippen LogP contribution in [-0.4, -0.2) is 63.8 Å². The summed E-state index contributed by atoms with van der Waals surface area (Å²) in [5, 5.41) is 25.7.